The van der Waals surface area contributed by atoms with E-state index in [4.69, 9.17) is 9.84 Å². The van der Waals surface area contributed by atoms with Crippen LogP contribution < -0.4 is 0 Å². The number of rotatable bonds is 2. The van der Waals surface area contributed by atoms with Gasteiger partial charge in [-0.2, -0.15) is 0 Å². The van der Waals surface area contributed by atoms with Gasteiger partial charge in [-0.1, -0.05) is 12.1 Å². The molecule has 0 aromatic heterocycles. The quantitative estimate of drug-likeness (QED) is 0.861. The SMILES string of the molecule is COC1CCS(=O)(=O)c2c(C(=O)O)cccc21. The molecule has 0 saturated heterocycles. The van der Waals surface area contributed by atoms with Crippen LogP contribution in [0.4, 0.5) is 0 Å². The highest BCUT2D eigenvalue weighted by atomic mass is 32.2. The third kappa shape index (κ3) is 1.94. The van der Waals surface area contributed by atoms with E-state index in [0.717, 1.165) is 0 Å². The molecule has 1 atom stereocenters. The van der Waals surface area contributed by atoms with Gasteiger partial charge in [0.1, 0.15) is 0 Å². The molecule has 0 bridgehead atoms. The number of ether oxygens (including phenoxy) is 1. The van der Waals surface area contributed by atoms with Gasteiger partial charge in [0.05, 0.1) is 22.3 Å². The minimum absolute atomic E-state index is 0.0806. The maximum atomic E-state index is 11.9. The molecule has 0 amide bonds. The fraction of sp³-hybridized carbons (Fsp3) is 0.364. The van der Waals surface area contributed by atoms with Gasteiger partial charge in [0, 0.05) is 12.7 Å². The Morgan fingerprint density at radius 3 is 2.76 bits per heavy atom. The largest absolute Gasteiger partial charge is 0.478 e. The van der Waals surface area contributed by atoms with Crippen LogP contribution in [0.15, 0.2) is 23.1 Å². The Morgan fingerprint density at radius 2 is 2.18 bits per heavy atom. The highest BCUT2D eigenvalue weighted by Gasteiger charge is 2.34. The van der Waals surface area contributed by atoms with Crippen LogP contribution in [0.5, 0.6) is 0 Å². The molecule has 1 N–H and O–H groups in total. The molecule has 5 nitrogen and oxygen atoms in total. The first-order valence-electron chi connectivity index (χ1n) is 5.09. The van der Waals surface area contributed by atoms with Crippen molar-refractivity contribution in [3.63, 3.8) is 0 Å². The van der Waals surface area contributed by atoms with Crippen LogP contribution >= 0.6 is 0 Å². The number of methoxy groups -OCH3 is 1. The van der Waals surface area contributed by atoms with Crippen molar-refractivity contribution >= 4 is 15.8 Å². The van der Waals surface area contributed by atoms with Crippen LogP contribution in [0.1, 0.15) is 28.4 Å². The number of hydrogen-bond acceptors (Lipinski definition) is 4. The molecule has 17 heavy (non-hydrogen) atoms. The maximum absolute atomic E-state index is 11.9. The summed E-state index contributed by atoms with van der Waals surface area (Å²) in [5.41, 5.74) is 0.267. The second-order valence-corrected chi connectivity index (χ2v) is 5.91. The predicted molar refractivity (Wildman–Crippen MR) is 59.8 cm³/mol. The van der Waals surface area contributed by atoms with Gasteiger partial charge in [0.2, 0.25) is 0 Å². The zero-order valence-electron chi connectivity index (χ0n) is 9.21. The normalized spacial score (nSPS) is 21.8. The van der Waals surface area contributed by atoms with Crippen LogP contribution in [0.3, 0.4) is 0 Å². The number of carboxylic acid groups (broad SMARTS) is 1. The van der Waals surface area contributed by atoms with Gasteiger partial charge in [0.25, 0.3) is 0 Å². The molecule has 2 rings (SSSR count). The minimum atomic E-state index is -3.52. The van der Waals surface area contributed by atoms with Crippen molar-refractivity contribution in [3.8, 4) is 0 Å². The molecule has 1 aliphatic heterocycles. The van der Waals surface area contributed by atoms with Gasteiger partial charge in [-0.25, -0.2) is 13.2 Å². The first-order chi connectivity index (χ1) is 7.97. The van der Waals surface area contributed by atoms with E-state index in [1.807, 2.05) is 0 Å². The van der Waals surface area contributed by atoms with Gasteiger partial charge in [-0.15, -0.1) is 0 Å². The lowest BCUT2D eigenvalue weighted by Crippen LogP contribution is -2.24. The molecule has 1 unspecified atom stereocenters. The zero-order chi connectivity index (χ0) is 12.6. The summed E-state index contributed by atoms with van der Waals surface area (Å²) in [7, 11) is -2.04. The zero-order valence-corrected chi connectivity index (χ0v) is 10.0. The summed E-state index contributed by atoms with van der Waals surface area (Å²) >= 11 is 0. The van der Waals surface area contributed by atoms with E-state index >= 15 is 0 Å². The predicted octanol–water partition coefficient (Wildman–Crippen LogP) is 1.25. The molecular formula is C11H12O5S. The summed E-state index contributed by atoms with van der Waals surface area (Å²) in [5, 5.41) is 9.03. The van der Waals surface area contributed by atoms with Gasteiger partial charge in [-0.3, -0.25) is 0 Å². The van der Waals surface area contributed by atoms with Crippen molar-refractivity contribution in [2.45, 2.75) is 17.4 Å². The molecule has 0 fully saturated rings. The summed E-state index contributed by atoms with van der Waals surface area (Å²) in [6.07, 6.45) is 0.00219. The van der Waals surface area contributed by atoms with Crippen molar-refractivity contribution in [2.24, 2.45) is 0 Å². The molecule has 92 valence electrons. The third-order valence-corrected chi connectivity index (χ3v) is 4.72. The average molecular weight is 256 g/mol. The Labute approximate surface area is 98.9 Å². The summed E-state index contributed by atoms with van der Waals surface area (Å²) in [5.74, 6) is -1.31. The number of hydrogen-bond donors (Lipinski definition) is 1. The highest BCUT2D eigenvalue weighted by Crippen LogP contribution is 2.36. The molecule has 6 heteroatoms. The summed E-state index contributed by atoms with van der Waals surface area (Å²) in [6.45, 7) is 0. The lowest BCUT2D eigenvalue weighted by atomic mass is 10.0. The average Bonchev–Trinajstić information content (AvgIpc) is 2.28. The van der Waals surface area contributed by atoms with Crippen molar-refractivity contribution in [3.05, 3.63) is 29.3 Å². The first-order valence-corrected chi connectivity index (χ1v) is 6.74. The van der Waals surface area contributed by atoms with Crippen molar-refractivity contribution in [1.82, 2.24) is 0 Å². The van der Waals surface area contributed by atoms with Crippen LogP contribution in [0.25, 0.3) is 0 Å². The summed E-state index contributed by atoms with van der Waals surface area (Å²) < 4.78 is 29.1. The fourth-order valence-corrected chi connectivity index (χ4v) is 3.87. The maximum Gasteiger partial charge on any atom is 0.337 e. The van der Waals surface area contributed by atoms with E-state index < -0.39 is 15.8 Å². The molecular weight excluding hydrogens is 244 g/mol. The molecule has 1 heterocycles. The van der Waals surface area contributed by atoms with Gasteiger partial charge < -0.3 is 9.84 Å². The third-order valence-electron chi connectivity index (χ3n) is 2.87. The topological polar surface area (TPSA) is 80.7 Å². The number of carboxylic acids is 1. The Kier molecular flexibility index (Phi) is 2.92. The molecule has 0 spiro atoms. The molecule has 0 aliphatic carbocycles. The number of benzene rings is 1. The van der Waals surface area contributed by atoms with E-state index in [-0.39, 0.29) is 22.3 Å². The van der Waals surface area contributed by atoms with E-state index in [1.54, 1.807) is 6.07 Å². The lowest BCUT2D eigenvalue weighted by molar-refractivity contribution is 0.0688. The molecule has 0 radical (unpaired) electrons. The highest BCUT2D eigenvalue weighted by molar-refractivity contribution is 7.91. The molecule has 1 aliphatic rings. The monoisotopic (exact) mass is 256 g/mol. The smallest absolute Gasteiger partial charge is 0.337 e. The minimum Gasteiger partial charge on any atom is -0.478 e. The first kappa shape index (κ1) is 12.1. The standard InChI is InChI=1S/C11H12O5S/c1-16-9-5-6-17(14,15)10-7(9)3-2-4-8(10)11(12)13/h2-4,9H,5-6H2,1H3,(H,12,13). The Balaban J connectivity index is 2.75. The Morgan fingerprint density at radius 1 is 1.47 bits per heavy atom. The van der Waals surface area contributed by atoms with Gasteiger partial charge >= 0.3 is 5.97 Å². The van der Waals surface area contributed by atoms with Crippen molar-refractivity contribution in [2.75, 3.05) is 12.9 Å². The number of carbonyl (C=O) groups is 1. The van der Waals surface area contributed by atoms with Crippen LogP contribution in [0, 0.1) is 0 Å². The van der Waals surface area contributed by atoms with Crippen LogP contribution in [0.2, 0.25) is 0 Å². The second-order valence-electron chi connectivity index (χ2n) is 3.86. The van der Waals surface area contributed by atoms with Gasteiger partial charge in [-0.05, 0) is 12.5 Å². The number of fused-ring (bicyclic) bond motifs is 1. The number of sulfone groups is 1. The van der Waals surface area contributed by atoms with E-state index in [2.05, 4.69) is 0 Å². The molecule has 1 aromatic rings. The fourth-order valence-electron chi connectivity index (χ4n) is 2.09. The molecule has 1 aromatic carbocycles. The van der Waals surface area contributed by atoms with E-state index in [9.17, 15) is 13.2 Å². The van der Waals surface area contributed by atoms with E-state index in [0.29, 0.717) is 12.0 Å². The van der Waals surface area contributed by atoms with Crippen LogP contribution in [-0.4, -0.2) is 32.4 Å². The Bertz CT molecular complexity index is 561. The Hall–Kier alpha value is -1.40. The van der Waals surface area contributed by atoms with Crippen molar-refractivity contribution in [1.29, 1.82) is 0 Å². The number of aromatic carboxylic acids is 1. The van der Waals surface area contributed by atoms with Crippen molar-refractivity contribution < 1.29 is 23.1 Å². The second kappa shape index (κ2) is 4.12. The summed E-state index contributed by atoms with van der Waals surface area (Å²) in [4.78, 5) is 11.0. The van der Waals surface area contributed by atoms with Gasteiger partial charge in [0.15, 0.2) is 9.84 Å². The van der Waals surface area contributed by atoms with E-state index in [1.165, 1.54) is 19.2 Å². The molecule has 0 saturated carbocycles. The van der Waals surface area contributed by atoms with Crippen LogP contribution in [-0.2, 0) is 14.6 Å². The summed E-state index contributed by atoms with van der Waals surface area (Å²) in [6, 6.07) is 4.44. The lowest BCUT2D eigenvalue weighted by Gasteiger charge is -2.25.